The van der Waals surface area contributed by atoms with E-state index in [1.165, 1.54) is 0 Å². The first-order valence-electron chi connectivity index (χ1n) is 4.50. The van der Waals surface area contributed by atoms with Gasteiger partial charge in [0.1, 0.15) is 0 Å². The number of aryl methyl sites for hydroxylation is 2. The van der Waals surface area contributed by atoms with E-state index in [1.807, 2.05) is 19.1 Å². The van der Waals surface area contributed by atoms with E-state index in [0.29, 0.717) is 11.4 Å². The van der Waals surface area contributed by atoms with Crippen molar-refractivity contribution in [3.8, 4) is 0 Å². The van der Waals surface area contributed by atoms with Crippen molar-refractivity contribution in [3.63, 3.8) is 0 Å². The molecule has 1 aliphatic rings. The summed E-state index contributed by atoms with van der Waals surface area (Å²) in [6.45, 7) is 1.97. The molecule has 0 bridgehead atoms. The molecule has 0 aliphatic heterocycles. The van der Waals surface area contributed by atoms with Crippen LogP contribution in [0.3, 0.4) is 0 Å². The second-order valence-corrected chi connectivity index (χ2v) is 3.94. The minimum absolute atomic E-state index is 0.239. The fraction of sp³-hybridized carbons (Fsp3) is 0.364. The van der Waals surface area contributed by atoms with E-state index in [0.717, 1.165) is 29.5 Å². The molecule has 68 valence electrons. The summed E-state index contributed by atoms with van der Waals surface area (Å²) in [6.07, 6.45) is 2.67. The molecule has 0 N–H and O–H groups in total. The molecule has 0 atom stereocenters. The molecule has 1 nitrogen and oxygen atoms in total. The highest BCUT2D eigenvalue weighted by atomic mass is 35.5. The zero-order valence-electron chi connectivity index (χ0n) is 7.56. The van der Waals surface area contributed by atoms with E-state index in [9.17, 15) is 4.79 Å². The van der Waals surface area contributed by atoms with Gasteiger partial charge in [0.05, 0.1) is 0 Å². The van der Waals surface area contributed by atoms with Crippen LogP contribution in [0.4, 0.5) is 0 Å². The van der Waals surface area contributed by atoms with Crippen LogP contribution in [-0.4, -0.2) is 5.78 Å². The van der Waals surface area contributed by atoms with Gasteiger partial charge in [0.25, 0.3) is 0 Å². The summed E-state index contributed by atoms with van der Waals surface area (Å²) < 4.78 is 0. The van der Waals surface area contributed by atoms with Gasteiger partial charge in [0, 0.05) is 17.0 Å². The van der Waals surface area contributed by atoms with Crippen molar-refractivity contribution in [3.05, 3.63) is 33.8 Å². The maximum Gasteiger partial charge on any atom is 0.163 e. The van der Waals surface area contributed by atoms with E-state index in [1.54, 1.807) is 0 Å². The van der Waals surface area contributed by atoms with Gasteiger partial charge in [-0.25, -0.2) is 0 Å². The third-order valence-electron chi connectivity index (χ3n) is 2.53. The van der Waals surface area contributed by atoms with Gasteiger partial charge < -0.3 is 0 Å². The number of ketones is 1. The van der Waals surface area contributed by atoms with E-state index >= 15 is 0 Å². The van der Waals surface area contributed by atoms with Crippen LogP contribution in [0.5, 0.6) is 0 Å². The van der Waals surface area contributed by atoms with Crippen molar-refractivity contribution in [1.82, 2.24) is 0 Å². The van der Waals surface area contributed by atoms with Gasteiger partial charge in [0.2, 0.25) is 0 Å². The van der Waals surface area contributed by atoms with Gasteiger partial charge in [0.15, 0.2) is 5.78 Å². The molecule has 0 fully saturated rings. The number of halogens is 1. The van der Waals surface area contributed by atoms with Crippen molar-refractivity contribution in [2.75, 3.05) is 0 Å². The minimum Gasteiger partial charge on any atom is -0.294 e. The molecule has 0 heterocycles. The summed E-state index contributed by atoms with van der Waals surface area (Å²) in [5.74, 6) is 0.239. The summed E-state index contributed by atoms with van der Waals surface area (Å²) >= 11 is 5.96. The molecule has 1 aromatic rings. The van der Waals surface area contributed by atoms with Gasteiger partial charge in [-0.3, -0.25) is 4.79 Å². The first-order chi connectivity index (χ1) is 6.18. The molecule has 1 aliphatic carbocycles. The van der Waals surface area contributed by atoms with Crippen molar-refractivity contribution >= 4 is 17.4 Å². The molecular weight excluding hydrogens is 184 g/mol. The zero-order chi connectivity index (χ0) is 9.42. The van der Waals surface area contributed by atoms with Crippen LogP contribution in [0.2, 0.25) is 5.02 Å². The first kappa shape index (κ1) is 8.76. The predicted molar refractivity (Wildman–Crippen MR) is 53.5 cm³/mol. The molecule has 0 saturated heterocycles. The molecule has 0 amide bonds. The van der Waals surface area contributed by atoms with Crippen molar-refractivity contribution in [2.24, 2.45) is 0 Å². The molecule has 1 aromatic carbocycles. The Morgan fingerprint density at radius 2 is 2.08 bits per heavy atom. The Morgan fingerprint density at radius 3 is 2.85 bits per heavy atom. The number of benzene rings is 1. The lowest BCUT2D eigenvalue weighted by Crippen LogP contribution is -2.10. The normalized spacial score (nSPS) is 15.7. The monoisotopic (exact) mass is 194 g/mol. The Labute approximate surface area is 82.7 Å². The van der Waals surface area contributed by atoms with Gasteiger partial charge >= 0.3 is 0 Å². The van der Waals surface area contributed by atoms with Crippen LogP contribution >= 0.6 is 11.6 Å². The summed E-state index contributed by atoms with van der Waals surface area (Å²) in [5, 5.41) is 0.703. The quantitative estimate of drug-likeness (QED) is 0.620. The van der Waals surface area contributed by atoms with Crippen LogP contribution in [0.25, 0.3) is 0 Å². The third kappa shape index (κ3) is 1.49. The molecule has 0 unspecified atom stereocenters. The average Bonchev–Trinajstić information content (AvgIpc) is 2.09. The van der Waals surface area contributed by atoms with Gasteiger partial charge in [-0.2, -0.15) is 0 Å². The van der Waals surface area contributed by atoms with E-state index in [-0.39, 0.29) is 5.78 Å². The highest BCUT2D eigenvalue weighted by Crippen LogP contribution is 2.26. The Morgan fingerprint density at radius 1 is 1.31 bits per heavy atom. The average molecular weight is 195 g/mol. The standard InChI is InChI=1S/C11H11ClO/c1-7-5-8-3-2-4-11(13)9(8)6-10(7)12/h5-6H,2-4H2,1H3. The van der Waals surface area contributed by atoms with E-state index < -0.39 is 0 Å². The number of hydrogen-bond donors (Lipinski definition) is 0. The lowest BCUT2D eigenvalue weighted by atomic mass is 9.89. The maximum absolute atomic E-state index is 11.5. The van der Waals surface area contributed by atoms with Gasteiger partial charge in [-0.1, -0.05) is 17.7 Å². The van der Waals surface area contributed by atoms with Crippen molar-refractivity contribution < 1.29 is 4.79 Å². The number of rotatable bonds is 0. The van der Waals surface area contributed by atoms with Crippen molar-refractivity contribution in [1.29, 1.82) is 0 Å². The summed E-state index contributed by atoms with van der Waals surface area (Å²) in [5.41, 5.74) is 3.06. The first-order valence-corrected chi connectivity index (χ1v) is 4.88. The smallest absolute Gasteiger partial charge is 0.163 e. The Kier molecular flexibility index (Phi) is 2.12. The Bertz CT molecular complexity index is 369. The van der Waals surface area contributed by atoms with E-state index in [2.05, 4.69) is 0 Å². The Balaban J connectivity index is 2.58. The molecule has 0 aromatic heterocycles. The number of carbonyl (C=O) groups is 1. The topological polar surface area (TPSA) is 17.1 Å². The van der Waals surface area contributed by atoms with E-state index in [4.69, 9.17) is 11.6 Å². The van der Waals surface area contributed by atoms with Crippen molar-refractivity contribution in [2.45, 2.75) is 26.2 Å². The summed E-state index contributed by atoms with van der Waals surface area (Å²) in [7, 11) is 0. The molecule has 2 heteroatoms. The fourth-order valence-corrected chi connectivity index (χ4v) is 1.95. The Hall–Kier alpha value is -0.820. The molecule has 0 radical (unpaired) electrons. The second-order valence-electron chi connectivity index (χ2n) is 3.54. The van der Waals surface area contributed by atoms with Crippen LogP contribution in [0.1, 0.15) is 34.3 Å². The van der Waals surface area contributed by atoms with Crippen LogP contribution in [0, 0.1) is 6.92 Å². The molecule has 2 rings (SSSR count). The highest BCUT2D eigenvalue weighted by Gasteiger charge is 2.17. The minimum atomic E-state index is 0.239. The highest BCUT2D eigenvalue weighted by molar-refractivity contribution is 6.31. The molecular formula is C11H11ClO. The van der Waals surface area contributed by atoms with Crippen LogP contribution in [-0.2, 0) is 6.42 Å². The zero-order valence-corrected chi connectivity index (χ0v) is 8.32. The lowest BCUT2D eigenvalue weighted by Gasteiger charge is -2.15. The number of carbonyl (C=O) groups excluding carboxylic acids is 1. The van der Waals surface area contributed by atoms with Gasteiger partial charge in [-0.15, -0.1) is 0 Å². The third-order valence-corrected chi connectivity index (χ3v) is 2.94. The fourth-order valence-electron chi connectivity index (χ4n) is 1.78. The summed E-state index contributed by atoms with van der Waals surface area (Å²) in [6, 6.07) is 3.85. The van der Waals surface area contributed by atoms with Crippen LogP contribution in [0.15, 0.2) is 12.1 Å². The second kappa shape index (κ2) is 3.15. The van der Waals surface area contributed by atoms with Crippen LogP contribution < -0.4 is 0 Å². The largest absolute Gasteiger partial charge is 0.294 e. The predicted octanol–water partition coefficient (Wildman–Crippen LogP) is 3.17. The number of Topliss-reactive ketones (excluding diaryl/α,β-unsaturated/α-hetero) is 1. The maximum atomic E-state index is 11.5. The van der Waals surface area contributed by atoms with Gasteiger partial charge in [-0.05, 0) is 37.0 Å². The molecule has 0 spiro atoms. The lowest BCUT2D eigenvalue weighted by molar-refractivity contribution is 0.0972. The molecule has 0 saturated carbocycles. The molecule has 13 heavy (non-hydrogen) atoms. The number of fused-ring (bicyclic) bond motifs is 1. The SMILES string of the molecule is Cc1cc2c(cc1Cl)C(=O)CCC2. The summed E-state index contributed by atoms with van der Waals surface area (Å²) in [4.78, 5) is 11.5. The number of hydrogen-bond acceptors (Lipinski definition) is 1.